The predicted octanol–water partition coefficient (Wildman–Crippen LogP) is 2.75. The van der Waals surface area contributed by atoms with E-state index in [0.717, 1.165) is 29.7 Å². The van der Waals surface area contributed by atoms with E-state index in [1.54, 1.807) is 12.4 Å². The van der Waals surface area contributed by atoms with Gasteiger partial charge in [0.05, 0.1) is 12.3 Å². The van der Waals surface area contributed by atoms with Crippen molar-refractivity contribution in [2.24, 2.45) is 11.7 Å². The molecule has 1 aromatic carbocycles. The number of nitrogens with zero attached hydrogens (tertiary/aromatic N) is 2. The second kappa shape index (κ2) is 9.21. The first kappa shape index (κ1) is 19.7. The number of anilines is 1. The molecule has 0 saturated heterocycles. The number of amidine groups is 1. The lowest BCUT2D eigenvalue weighted by Gasteiger charge is -2.10. The normalized spacial score (nSPS) is 16.1. The first-order chi connectivity index (χ1) is 13.5. The van der Waals surface area contributed by atoms with Crippen LogP contribution in [0.4, 0.5) is 5.95 Å². The molecule has 4 N–H and O–H groups in total. The van der Waals surface area contributed by atoms with Crippen LogP contribution in [-0.4, -0.2) is 33.9 Å². The number of hydrogen-bond donors (Lipinski definition) is 3. The molecular weight excluding hydrogens is 354 g/mol. The van der Waals surface area contributed by atoms with Crippen LogP contribution in [0, 0.1) is 11.3 Å². The quantitative estimate of drug-likeness (QED) is 0.455. The lowest BCUT2D eigenvalue weighted by molar-refractivity contribution is -0.118. The van der Waals surface area contributed by atoms with E-state index in [1.807, 2.05) is 24.3 Å². The molecule has 1 fully saturated rings. The van der Waals surface area contributed by atoms with E-state index >= 15 is 0 Å². The number of Topliss-reactive ketones (excluding diaryl/α,β-unsaturated/α-hetero) is 2. The lowest BCUT2D eigenvalue weighted by atomic mass is 10.0. The Morgan fingerprint density at radius 2 is 2.04 bits per heavy atom. The summed E-state index contributed by atoms with van der Waals surface area (Å²) in [6.07, 6.45) is 6.80. The van der Waals surface area contributed by atoms with E-state index < -0.39 is 0 Å². The molecule has 146 valence electrons. The van der Waals surface area contributed by atoms with E-state index in [2.05, 4.69) is 15.3 Å². The van der Waals surface area contributed by atoms with Gasteiger partial charge >= 0.3 is 0 Å². The molecule has 0 spiro atoms. The summed E-state index contributed by atoms with van der Waals surface area (Å²) in [4.78, 5) is 31.8. The Morgan fingerprint density at radius 1 is 1.25 bits per heavy atom. The van der Waals surface area contributed by atoms with Gasteiger partial charge in [-0.2, -0.15) is 0 Å². The number of carbonyl (C=O) groups excluding carboxylic acids is 2. The molecule has 0 aliphatic heterocycles. The number of rotatable bonds is 9. The Hall–Kier alpha value is -3.09. The average Bonchev–Trinajstić information content (AvgIpc) is 3.10. The van der Waals surface area contributed by atoms with Crippen molar-refractivity contribution in [2.75, 3.05) is 11.9 Å². The Kier molecular flexibility index (Phi) is 6.47. The van der Waals surface area contributed by atoms with E-state index in [0.29, 0.717) is 43.3 Å². The number of ketones is 2. The number of aryl methyl sites for hydroxylation is 1. The van der Waals surface area contributed by atoms with Gasteiger partial charge in [-0.05, 0) is 29.9 Å². The topological polar surface area (TPSA) is 122 Å². The number of nitrogens with one attached hydrogen (secondary N) is 2. The predicted molar refractivity (Wildman–Crippen MR) is 108 cm³/mol. The fourth-order valence-corrected chi connectivity index (χ4v) is 3.36. The van der Waals surface area contributed by atoms with Crippen LogP contribution >= 0.6 is 0 Å². The number of benzene rings is 1. The zero-order valence-corrected chi connectivity index (χ0v) is 15.8. The summed E-state index contributed by atoms with van der Waals surface area (Å²) in [5, 5.41) is 10.4. The summed E-state index contributed by atoms with van der Waals surface area (Å²) < 4.78 is 0. The fraction of sp³-hybridized carbons (Fsp3) is 0.381. The minimum atomic E-state index is -0.0934. The molecule has 1 aliphatic rings. The van der Waals surface area contributed by atoms with Gasteiger partial charge in [0.2, 0.25) is 5.95 Å². The van der Waals surface area contributed by atoms with Gasteiger partial charge in [0.15, 0.2) is 0 Å². The van der Waals surface area contributed by atoms with Crippen molar-refractivity contribution in [3.05, 3.63) is 42.2 Å². The highest BCUT2D eigenvalue weighted by atomic mass is 16.1. The second-order valence-electron chi connectivity index (χ2n) is 7.26. The lowest BCUT2D eigenvalue weighted by Crippen LogP contribution is -2.15. The average molecular weight is 379 g/mol. The highest BCUT2D eigenvalue weighted by Crippen LogP contribution is 2.23. The highest BCUT2D eigenvalue weighted by molar-refractivity contribution is 5.98. The number of carbonyl (C=O) groups is 2. The fourth-order valence-electron chi connectivity index (χ4n) is 3.36. The summed E-state index contributed by atoms with van der Waals surface area (Å²) in [6.45, 7) is 0.717. The van der Waals surface area contributed by atoms with Gasteiger partial charge in [-0.25, -0.2) is 9.97 Å². The van der Waals surface area contributed by atoms with Crippen molar-refractivity contribution in [3.63, 3.8) is 0 Å². The third-order valence-corrected chi connectivity index (χ3v) is 4.89. The van der Waals surface area contributed by atoms with Crippen LogP contribution in [0.2, 0.25) is 0 Å². The summed E-state index contributed by atoms with van der Waals surface area (Å²) in [7, 11) is 0. The molecule has 7 heteroatoms. The van der Waals surface area contributed by atoms with Crippen molar-refractivity contribution >= 4 is 23.4 Å². The summed E-state index contributed by atoms with van der Waals surface area (Å²) >= 11 is 0. The van der Waals surface area contributed by atoms with E-state index in [9.17, 15) is 9.59 Å². The van der Waals surface area contributed by atoms with Crippen LogP contribution in [0.15, 0.2) is 36.7 Å². The SMILES string of the molecule is N=C(N)CC(=O)CCc1cccc(-c2cnc(NCC3CCC(=O)C3)nc2)c1. The first-order valence-electron chi connectivity index (χ1n) is 9.51. The van der Waals surface area contributed by atoms with Gasteiger partial charge in [0.25, 0.3) is 0 Å². The molecule has 0 amide bonds. The Bertz CT molecular complexity index is 863. The first-order valence-corrected chi connectivity index (χ1v) is 9.51. The summed E-state index contributed by atoms with van der Waals surface area (Å²) in [5.74, 6) is 1.16. The maximum atomic E-state index is 11.7. The molecule has 0 radical (unpaired) electrons. The molecule has 3 rings (SSSR count). The van der Waals surface area contributed by atoms with Crippen molar-refractivity contribution < 1.29 is 9.59 Å². The number of aromatic nitrogens is 2. The number of hydrogen-bond acceptors (Lipinski definition) is 6. The van der Waals surface area contributed by atoms with Crippen LogP contribution in [0.1, 0.15) is 37.7 Å². The monoisotopic (exact) mass is 379 g/mol. The molecule has 1 aromatic heterocycles. The van der Waals surface area contributed by atoms with Gasteiger partial charge in [-0.1, -0.05) is 24.3 Å². The minimum Gasteiger partial charge on any atom is -0.387 e. The van der Waals surface area contributed by atoms with Crippen molar-refractivity contribution in [3.8, 4) is 11.1 Å². The molecule has 7 nitrogen and oxygen atoms in total. The summed E-state index contributed by atoms with van der Waals surface area (Å²) in [6, 6.07) is 7.93. The molecule has 1 atom stereocenters. The standard InChI is InChI=1S/C21H25N5O2/c22-20(23)10-19(28)6-4-14-2-1-3-16(8-14)17-12-25-21(26-13-17)24-11-15-5-7-18(27)9-15/h1-3,8,12-13,15H,4-7,9-11H2,(H3,22,23)(H,24,25,26). The minimum absolute atomic E-state index is 0.0109. The molecular formula is C21H25N5O2. The van der Waals surface area contributed by atoms with E-state index in [1.165, 1.54) is 0 Å². The van der Waals surface area contributed by atoms with Crippen molar-refractivity contribution in [2.45, 2.75) is 38.5 Å². The zero-order valence-electron chi connectivity index (χ0n) is 15.8. The Balaban J connectivity index is 1.56. The van der Waals surface area contributed by atoms with Gasteiger partial charge in [-0.15, -0.1) is 0 Å². The molecule has 28 heavy (non-hydrogen) atoms. The molecule has 0 bridgehead atoms. The van der Waals surface area contributed by atoms with Crippen molar-refractivity contribution in [1.82, 2.24) is 9.97 Å². The third-order valence-electron chi connectivity index (χ3n) is 4.89. The van der Waals surface area contributed by atoms with Gasteiger partial charge in [0, 0.05) is 43.8 Å². The van der Waals surface area contributed by atoms with Crippen molar-refractivity contribution in [1.29, 1.82) is 5.41 Å². The largest absolute Gasteiger partial charge is 0.387 e. The molecule has 1 saturated carbocycles. The Morgan fingerprint density at radius 3 is 2.71 bits per heavy atom. The van der Waals surface area contributed by atoms with Crippen LogP contribution < -0.4 is 11.1 Å². The maximum Gasteiger partial charge on any atom is 0.222 e. The van der Waals surface area contributed by atoms with Crippen LogP contribution in [0.25, 0.3) is 11.1 Å². The van der Waals surface area contributed by atoms with Crippen LogP contribution in [0.3, 0.4) is 0 Å². The Labute approximate surface area is 164 Å². The zero-order chi connectivity index (χ0) is 19.9. The molecule has 1 aliphatic carbocycles. The van der Waals surface area contributed by atoms with Gasteiger partial charge in [0.1, 0.15) is 11.6 Å². The van der Waals surface area contributed by atoms with Crippen LogP contribution in [0.5, 0.6) is 0 Å². The third kappa shape index (κ3) is 5.70. The molecule has 1 heterocycles. The van der Waals surface area contributed by atoms with E-state index in [-0.39, 0.29) is 18.0 Å². The second-order valence-corrected chi connectivity index (χ2v) is 7.26. The molecule has 1 unspecified atom stereocenters. The summed E-state index contributed by atoms with van der Waals surface area (Å²) in [5.41, 5.74) is 8.20. The van der Waals surface area contributed by atoms with Gasteiger partial charge in [-0.3, -0.25) is 15.0 Å². The highest BCUT2D eigenvalue weighted by Gasteiger charge is 2.21. The number of nitrogens with two attached hydrogens (primary N) is 1. The van der Waals surface area contributed by atoms with Gasteiger partial charge < -0.3 is 11.1 Å². The van der Waals surface area contributed by atoms with Crippen LogP contribution in [-0.2, 0) is 16.0 Å². The maximum absolute atomic E-state index is 11.7. The molecule has 2 aromatic rings. The van der Waals surface area contributed by atoms with E-state index in [4.69, 9.17) is 11.1 Å². The smallest absolute Gasteiger partial charge is 0.222 e.